The highest BCUT2D eigenvalue weighted by Gasteiger charge is 2.41. The average Bonchev–Trinajstić information content (AvgIpc) is 2.97. The summed E-state index contributed by atoms with van der Waals surface area (Å²) in [6, 6.07) is -1.40. The van der Waals surface area contributed by atoms with Crippen LogP contribution in [0.2, 0.25) is 0 Å². The van der Waals surface area contributed by atoms with Crippen molar-refractivity contribution < 1.29 is 22.8 Å². The van der Waals surface area contributed by atoms with E-state index in [1.807, 2.05) is 0 Å². The van der Waals surface area contributed by atoms with Crippen molar-refractivity contribution >= 4 is 39.9 Å². The van der Waals surface area contributed by atoms with Crippen LogP contribution in [0, 0.1) is 0 Å². The topological polar surface area (TPSA) is 66.4 Å². The number of Topliss-reactive ketones (excluding diaryl/α,β-unsaturated/α-hetero) is 1. The molecule has 0 aromatic carbocycles. The third-order valence-electron chi connectivity index (χ3n) is 3.37. The quantitative estimate of drug-likeness (QED) is 0.747. The monoisotopic (exact) mass is 370 g/mol. The molecule has 0 spiro atoms. The normalized spacial score (nSPS) is 19.3. The standard InChI is InChI=1S/C12H14ClF3N4O2S/c1-19-6-4-7(8(21)3-2-5-13)20(11(19)22)10-18-17-9(23-10)12(14,15)16/h7H,2-6H2,1H3. The summed E-state index contributed by atoms with van der Waals surface area (Å²) in [5.74, 6) is 0.0550. The second-order valence-electron chi connectivity index (χ2n) is 5.03. The minimum atomic E-state index is -4.64. The van der Waals surface area contributed by atoms with Crippen LogP contribution in [0.1, 0.15) is 24.3 Å². The van der Waals surface area contributed by atoms with Gasteiger partial charge in [-0.2, -0.15) is 13.2 Å². The molecule has 2 heterocycles. The smallest absolute Gasteiger partial charge is 0.327 e. The first-order valence-corrected chi connectivity index (χ1v) is 8.14. The van der Waals surface area contributed by atoms with Crippen LogP contribution in [-0.2, 0) is 11.0 Å². The Morgan fingerprint density at radius 1 is 1.43 bits per heavy atom. The fraction of sp³-hybridized carbons (Fsp3) is 0.667. The molecule has 1 aromatic heterocycles. The number of urea groups is 1. The molecule has 2 rings (SSSR count). The molecule has 1 saturated heterocycles. The van der Waals surface area contributed by atoms with Gasteiger partial charge in [-0.1, -0.05) is 11.3 Å². The maximum absolute atomic E-state index is 12.7. The molecule has 0 N–H and O–H groups in total. The Morgan fingerprint density at radius 3 is 2.70 bits per heavy atom. The Kier molecular flexibility index (Phi) is 5.45. The van der Waals surface area contributed by atoms with Crippen LogP contribution in [0.3, 0.4) is 0 Å². The van der Waals surface area contributed by atoms with Gasteiger partial charge in [0.2, 0.25) is 10.1 Å². The van der Waals surface area contributed by atoms with Gasteiger partial charge in [-0.15, -0.1) is 21.8 Å². The number of hydrogen-bond donors (Lipinski definition) is 0. The maximum atomic E-state index is 12.7. The van der Waals surface area contributed by atoms with E-state index in [4.69, 9.17) is 11.6 Å². The third kappa shape index (κ3) is 3.92. The van der Waals surface area contributed by atoms with Gasteiger partial charge in [0.1, 0.15) is 6.04 Å². The fourth-order valence-corrected chi connectivity index (χ4v) is 3.10. The van der Waals surface area contributed by atoms with Crippen molar-refractivity contribution in [3.63, 3.8) is 0 Å². The number of aromatic nitrogens is 2. The molecule has 0 bridgehead atoms. The van der Waals surface area contributed by atoms with Crippen LogP contribution in [0.5, 0.6) is 0 Å². The number of rotatable bonds is 5. The second-order valence-corrected chi connectivity index (χ2v) is 6.36. The number of carbonyl (C=O) groups excluding carboxylic acids is 2. The summed E-state index contributed by atoms with van der Waals surface area (Å²) in [7, 11) is 1.51. The fourth-order valence-electron chi connectivity index (χ4n) is 2.21. The molecular formula is C12H14ClF3N4O2S. The molecule has 23 heavy (non-hydrogen) atoms. The van der Waals surface area contributed by atoms with Gasteiger partial charge in [0.15, 0.2) is 5.78 Å². The number of halogens is 4. The SMILES string of the molecule is CN1CCC(C(=O)CCCCl)N(c2nnc(C(F)(F)F)s2)C1=O. The van der Waals surface area contributed by atoms with Crippen LogP contribution in [0.4, 0.5) is 23.1 Å². The molecule has 1 aliphatic rings. The van der Waals surface area contributed by atoms with E-state index in [1.54, 1.807) is 0 Å². The Morgan fingerprint density at radius 2 is 2.13 bits per heavy atom. The van der Waals surface area contributed by atoms with Crippen LogP contribution in [0.25, 0.3) is 0 Å². The van der Waals surface area contributed by atoms with Gasteiger partial charge in [-0.05, 0) is 12.8 Å². The second kappa shape index (κ2) is 7.00. The summed E-state index contributed by atoms with van der Waals surface area (Å²) in [6.07, 6.45) is -3.71. The Hall–Kier alpha value is -1.42. The molecule has 1 fully saturated rings. The van der Waals surface area contributed by atoms with Crippen molar-refractivity contribution in [3.8, 4) is 0 Å². The zero-order valence-electron chi connectivity index (χ0n) is 12.1. The van der Waals surface area contributed by atoms with Gasteiger partial charge in [0.05, 0.1) is 0 Å². The van der Waals surface area contributed by atoms with Crippen LogP contribution < -0.4 is 4.90 Å². The Balaban J connectivity index is 2.30. The molecule has 128 valence electrons. The van der Waals surface area contributed by atoms with E-state index in [9.17, 15) is 22.8 Å². The number of nitrogens with zero attached hydrogens (tertiary/aromatic N) is 4. The summed E-state index contributed by atoms with van der Waals surface area (Å²) < 4.78 is 38.0. The van der Waals surface area contributed by atoms with E-state index >= 15 is 0 Å². The highest BCUT2D eigenvalue weighted by atomic mass is 35.5. The van der Waals surface area contributed by atoms with Gasteiger partial charge in [0, 0.05) is 25.9 Å². The van der Waals surface area contributed by atoms with Crippen molar-refractivity contribution in [3.05, 3.63) is 5.01 Å². The van der Waals surface area contributed by atoms with Crippen LogP contribution >= 0.6 is 22.9 Å². The van der Waals surface area contributed by atoms with E-state index < -0.39 is 23.3 Å². The Labute approximate surface area is 139 Å². The van der Waals surface area contributed by atoms with E-state index in [0.717, 1.165) is 4.90 Å². The highest BCUT2D eigenvalue weighted by Crippen LogP contribution is 2.36. The van der Waals surface area contributed by atoms with E-state index in [0.29, 0.717) is 25.3 Å². The zero-order chi connectivity index (χ0) is 17.2. The van der Waals surface area contributed by atoms with Gasteiger partial charge < -0.3 is 4.90 Å². The molecule has 0 saturated carbocycles. The van der Waals surface area contributed by atoms with Crippen molar-refractivity contribution in [2.24, 2.45) is 0 Å². The number of amides is 2. The van der Waals surface area contributed by atoms with Crippen molar-refractivity contribution in [2.45, 2.75) is 31.5 Å². The summed E-state index contributed by atoms with van der Waals surface area (Å²) in [5, 5.41) is 5.15. The van der Waals surface area contributed by atoms with Gasteiger partial charge in [-0.25, -0.2) is 4.79 Å². The molecule has 1 aliphatic heterocycles. The predicted molar refractivity (Wildman–Crippen MR) is 78.8 cm³/mol. The molecule has 1 atom stereocenters. The minimum Gasteiger partial charge on any atom is -0.327 e. The summed E-state index contributed by atoms with van der Waals surface area (Å²) in [6.45, 7) is 0.345. The first-order valence-electron chi connectivity index (χ1n) is 6.79. The lowest BCUT2D eigenvalue weighted by Gasteiger charge is -2.37. The van der Waals surface area contributed by atoms with Crippen molar-refractivity contribution in [1.29, 1.82) is 0 Å². The molecular weight excluding hydrogens is 357 g/mol. The highest BCUT2D eigenvalue weighted by molar-refractivity contribution is 7.15. The molecule has 2 amide bonds. The van der Waals surface area contributed by atoms with E-state index in [1.165, 1.54) is 11.9 Å². The molecule has 6 nitrogen and oxygen atoms in total. The third-order valence-corrected chi connectivity index (χ3v) is 4.61. The van der Waals surface area contributed by atoms with Gasteiger partial charge in [0.25, 0.3) is 0 Å². The largest absolute Gasteiger partial charge is 0.445 e. The molecule has 0 radical (unpaired) electrons. The average molecular weight is 371 g/mol. The Bertz CT molecular complexity index is 595. The van der Waals surface area contributed by atoms with Crippen molar-refractivity contribution in [2.75, 3.05) is 24.4 Å². The van der Waals surface area contributed by atoms with Gasteiger partial charge >= 0.3 is 12.2 Å². The lowest BCUT2D eigenvalue weighted by molar-refractivity contribution is -0.138. The molecule has 1 unspecified atom stereocenters. The number of hydrogen-bond acceptors (Lipinski definition) is 5. The van der Waals surface area contributed by atoms with E-state index in [2.05, 4.69) is 10.2 Å². The van der Waals surface area contributed by atoms with Crippen molar-refractivity contribution in [1.82, 2.24) is 15.1 Å². The first-order chi connectivity index (χ1) is 10.8. The summed E-state index contributed by atoms with van der Waals surface area (Å²) >= 11 is 5.81. The first kappa shape index (κ1) is 17.9. The lowest BCUT2D eigenvalue weighted by atomic mass is 10.0. The minimum absolute atomic E-state index is 0.159. The molecule has 0 aliphatic carbocycles. The molecule has 1 aromatic rings. The van der Waals surface area contributed by atoms with Crippen LogP contribution in [0.15, 0.2) is 0 Å². The summed E-state index contributed by atoms with van der Waals surface area (Å²) in [4.78, 5) is 26.9. The number of ketones is 1. The van der Waals surface area contributed by atoms with Gasteiger partial charge in [-0.3, -0.25) is 9.69 Å². The summed E-state index contributed by atoms with van der Waals surface area (Å²) in [5.41, 5.74) is 0. The lowest BCUT2D eigenvalue weighted by Crippen LogP contribution is -2.56. The maximum Gasteiger partial charge on any atom is 0.445 e. The van der Waals surface area contributed by atoms with Crippen LogP contribution in [-0.4, -0.2) is 52.4 Å². The predicted octanol–water partition coefficient (Wildman–Crippen LogP) is 2.78. The molecule has 11 heteroatoms. The number of carbonyl (C=O) groups is 2. The zero-order valence-corrected chi connectivity index (χ0v) is 13.7. The number of alkyl halides is 4. The number of anilines is 1. The van der Waals surface area contributed by atoms with E-state index in [-0.39, 0.29) is 28.7 Å².